The summed E-state index contributed by atoms with van der Waals surface area (Å²) in [7, 11) is 1.77. The summed E-state index contributed by atoms with van der Waals surface area (Å²) in [6.45, 7) is 17.5. The Labute approximate surface area is 273 Å². The molecule has 0 aromatic heterocycles. The fourth-order valence-corrected chi connectivity index (χ4v) is 7.40. The Bertz CT molecular complexity index is 1060. The highest BCUT2D eigenvalue weighted by Gasteiger charge is 2.40. The van der Waals surface area contributed by atoms with Gasteiger partial charge in [-0.2, -0.15) is 0 Å². The minimum Gasteiger partial charge on any atom is -0.352 e. The number of carbonyl (C=O) groups is 4. The van der Waals surface area contributed by atoms with Crippen molar-refractivity contribution in [2.45, 2.75) is 162 Å². The van der Waals surface area contributed by atoms with Crippen LogP contribution in [0.25, 0.3) is 0 Å². The molecule has 1 aliphatic carbocycles. The van der Waals surface area contributed by atoms with E-state index in [1.54, 1.807) is 23.8 Å². The summed E-state index contributed by atoms with van der Waals surface area (Å²) in [5.41, 5.74) is 0.0238. The molecule has 9 nitrogen and oxygen atoms in total. The maximum absolute atomic E-state index is 14.2. The molecule has 2 N–H and O–H groups in total. The summed E-state index contributed by atoms with van der Waals surface area (Å²) in [5, 5.41) is 6.40. The second kappa shape index (κ2) is 16.4. The summed E-state index contributed by atoms with van der Waals surface area (Å²) < 4.78 is 0. The van der Waals surface area contributed by atoms with Crippen LogP contribution in [0.5, 0.6) is 0 Å². The van der Waals surface area contributed by atoms with Gasteiger partial charge in [0.1, 0.15) is 12.1 Å². The third-order valence-electron chi connectivity index (χ3n) is 10.2. The van der Waals surface area contributed by atoms with Crippen LogP contribution in [0, 0.1) is 11.3 Å². The van der Waals surface area contributed by atoms with E-state index in [9.17, 15) is 19.2 Å². The molecule has 4 amide bonds. The zero-order valence-electron chi connectivity index (χ0n) is 29.8. The molecule has 1 saturated carbocycles. The van der Waals surface area contributed by atoms with Gasteiger partial charge in [0.15, 0.2) is 0 Å². The third kappa shape index (κ3) is 9.79. The van der Waals surface area contributed by atoms with Crippen molar-refractivity contribution in [1.82, 2.24) is 25.3 Å². The molecule has 0 unspecified atom stereocenters. The molecule has 2 saturated heterocycles. The van der Waals surface area contributed by atoms with E-state index >= 15 is 0 Å². The quantitative estimate of drug-likeness (QED) is 0.261. The molecule has 3 aliphatic rings. The van der Waals surface area contributed by atoms with Gasteiger partial charge in [0.05, 0.1) is 12.1 Å². The van der Waals surface area contributed by atoms with Crippen molar-refractivity contribution in [2.75, 3.05) is 20.1 Å². The molecular weight excluding hydrogens is 566 g/mol. The number of nitrogens with one attached hydrogen (secondary N) is 2. The van der Waals surface area contributed by atoms with Crippen molar-refractivity contribution in [3.8, 4) is 0 Å². The van der Waals surface area contributed by atoms with Crippen LogP contribution in [0.15, 0.2) is 11.6 Å². The Balaban J connectivity index is 1.75. The van der Waals surface area contributed by atoms with Crippen LogP contribution in [0.4, 0.5) is 0 Å². The van der Waals surface area contributed by atoms with Crippen LogP contribution in [-0.4, -0.2) is 94.7 Å². The fraction of sp³-hybridized carbons (Fsp3) is 0.833. The highest BCUT2D eigenvalue weighted by Crippen LogP contribution is 2.27. The fourth-order valence-electron chi connectivity index (χ4n) is 7.40. The second-order valence-electron chi connectivity index (χ2n) is 15.5. The lowest BCUT2D eigenvalue weighted by Gasteiger charge is -2.41. The van der Waals surface area contributed by atoms with Crippen LogP contribution < -0.4 is 10.6 Å². The average Bonchev–Trinajstić information content (AvgIpc) is 3.34. The van der Waals surface area contributed by atoms with E-state index in [1.807, 2.05) is 40.7 Å². The highest BCUT2D eigenvalue weighted by atomic mass is 16.2. The number of nitrogens with zero attached hydrogens (tertiary/aromatic N) is 3. The summed E-state index contributed by atoms with van der Waals surface area (Å²) >= 11 is 0. The zero-order valence-corrected chi connectivity index (χ0v) is 29.8. The zero-order chi connectivity index (χ0) is 33.5. The van der Waals surface area contributed by atoms with Gasteiger partial charge < -0.3 is 20.4 Å². The van der Waals surface area contributed by atoms with Gasteiger partial charge in [0.25, 0.3) is 0 Å². The van der Waals surface area contributed by atoms with Crippen molar-refractivity contribution >= 4 is 23.6 Å². The smallest absolute Gasteiger partial charge is 0.249 e. The number of likely N-dealkylation sites (tertiary alicyclic amines) is 2. The van der Waals surface area contributed by atoms with Crippen LogP contribution >= 0.6 is 0 Å². The molecule has 45 heavy (non-hydrogen) atoms. The second-order valence-corrected chi connectivity index (χ2v) is 15.5. The molecule has 2 aliphatic heterocycles. The molecule has 0 bridgehead atoms. The molecule has 4 atom stereocenters. The first-order valence-corrected chi connectivity index (χ1v) is 17.8. The van der Waals surface area contributed by atoms with E-state index in [4.69, 9.17) is 0 Å². The molecular formula is C36H63N5O4. The number of piperidine rings is 1. The SMILES string of the molecule is CC(=C[C@H](C(C)C)N(C)C(=O)[C@@H](NC(=O)[C@H]1CCCCN1C(C)C)C(C)(C)C)C(=O)N1CCC[C@H]1C(=O)NC1CCCCCC1. The number of likely N-dealkylation sites (N-methyl/N-ethyl adjacent to an activating group) is 1. The van der Waals surface area contributed by atoms with Crippen LogP contribution in [0.3, 0.4) is 0 Å². The topological polar surface area (TPSA) is 102 Å². The monoisotopic (exact) mass is 629 g/mol. The summed E-state index contributed by atoms with van der Waals surface area (Å²) in [6, 6.07) is -1.32. The van der Waals surface area contributed by atoms with E-state index in [0.717, 1.165) is 57.9 Å². The molecule has 3 fully saturated rings. The van der Waals surface area contributed by atoms with Gasteiger partial charge in [-0.05, 0) is 77.2 Å². The Hall–Kier alpha value is -2.42. The molecule has 0 aromatic rings. The Morgan fingerprint density at radius 2 is 1.40 bits per heavy atom. The Morgan fingerprint density at radius 3 is 1.98 bits per heavy atom. The van der Waals surface area contributed by atoms with E-state index < -0.39 is 17.5 Å². The van der Waals surface area contributed by atoms with Gasteiger partial charge in [-0.1, -0.05) is 72.8 Å². The van der Waals surface area contributed by atoms with E-state index in [1.165, 1.54) is 12.8 Å². The largest absolute Gasteiger partial charge is 0.352 e. The molecule has 3 rings (SSSR count). The molecule has 2 heterocycles. The van der Waals surface area contributed by atoms with Crippen LogP contribution in [0.2, 0.25) is 0 Å². The van der Waals surface area contributed by atoms with Crippen molar-refractivity contribution in [1.29, 1.82) is 0 Å². The predicted octanol–water partition coefficient (Wildman–Crippen LogP) is 5.04. The summed E-state index contributed by atoms with van der Waals surface area (Å²) in [6.07, 6.45) is 13.0. The summed E-state index contributed by atoms with van der Waals surface area (Å²) in [4.78, 5) is 60.5. The number of hydrogen-bond donors (Lipinski definition) is 2. The Morgan fingerprint density at radius 1 is 0.800 bits per heavy atom. The van der Waals surface area contributed by atoms with Gasteiger partial charge in [0, 0.05) is 31.2 Å². The van der Waals surface area contributed by atoms with Crippen molar-refractivity contribution in [3.05, 3.63) is 11.6 Å². The maximum Gasteiger partial charge on any atom is 0.249 e. The number of rotatable bonds is 10. The maximum atomic E-state index is 14.2. The first-order chi connectivity index (χ1) is 21.1. The molecule has 0 spiro atoms. The molecule has 0 aromatic carbocycles. The molecule has 0 radical (unpaired) electrons. The van der Waals surface area contributed by atoms with E-state index in [2.05, 4.69) is 29.4 Å². The lowest BCUT2D eigenvalue weighted by atomic mass is 9.84. The predicted molar refractivity (Wildman–Crippen MR) is 180 cm³/mol. The molecule has 9 heteroatoms. The minimum atomic E-state index is -0.716. The normalized spacial score (nSPS) is 23.9. The third-order valence-corrected chi connectivity index (χ3v) is 10.2. The lowest BCUT2D eigenvalue weighted by molar-refractivity contribution is -0.142. The summed E-state index contributed by atoms with van der Waals surface area (Å²) in [5.74, 6) is -0.409. The van der Waals surface area contributed by atoms with E-state index in [-0.39, 0.29) is 53.7 Å². The van der Waals surface area contributed by atoms with Crippen LogP contribution in [-0.2, 0) is 19.2 Å². The van der Waals surface area contributed by atoms with Crippen molar-refractivity contribution in [2.24, 2.45) is 11.3 Å². The number of hydrogen-bond acceptors (Lipinski definition) is 5. The van der Waals surface area contributed by atoms with Gasteiger partial charge in [-0.15, -0.1) is 0 Å². The van der Waals surface area contributed by atoms with E-state index in [0.29, 0.717) is 18.5 Å². The Kier molecular flexibility index (Phi) is 13.5. The van der Waals surface area contributed by atoms with Gasteiger partial charge in [-0.25, -0.2) is 0 Å². The minimum absolute atomic E-state index is 0.0284. The number of carbonyl (C=O) groups excluding carboxylic acids is 4. The first-order valence-electron chi connectivity index (χ1n) is 17.8. The average molecular weight is 630 g/mol. The first kappa shape index (κ1) is 37.0. The highest BCUT2D eigenvalue weighted by molar-refractivity contribution is 5.97. The van der Waals surface area contributed by atoms with Crippen LogP contribution in [0.1, 0.15) is 126 Å². The van der Waals surface area contributed by atoms with Crippen molar-refractivity contribution < 1.29 is 19.2 Å². The van der Waals surface area contributed by atoms with Gasteiger partial charge in [0.2, 0.25) is 23.6 Å². The van der Waals surface area contributed by atoms with Gasteiger partial charge in [-0.3, -0.25) is 24.1 Å². The standard InChI is InChI=1S/C36H63N5O4/c1-24(2)30(23-26(5)34(44)41-22-16-20-29(41)32(42)37-27-17-12-10-11-13-18-27)39(9)35(45)31(36(6,7)8)38-33(43)28-19-14-15-21-40(28)25(3)4/h23-25,27-31H,10-22H2,1-9H3,(H,37,42)(H,38,43)/t28-,29+,30-,31-/m1/s1. The van der Waals surface area contributed by atoms with Crippen molar-refractivity contribution in [3.63, 3.8) is 0 Å². The number of amides is 4. The molecule has 256 valence electrons. The van der Waals surface area contributed by atoms with Gasteiger partial charge >= 0.3 is 0 Å². The lowest BCUT2D eigenvalue weighted by Crippen LogP contribution is -2.60.